The average molecular weight is 275 g/mol. The van der Waals surface area contributed by atoms with Gasteiger partial charge in [0.15, 0.2) is 0 Å². The fraction of sp³-hybridized carbons (Fsp3) is 0.500. The number of rotatable bonds is 5. The summed E-state index contributed by atoms with van der Waals surface area (Å²) in [7, 11) is 0. The van der Waals surface area contributed by atoms with Crippen molar-refractivity contribution in [2.75, 3.05) is 26.4 Å². The van der Waals surface area contributed by atoms with E-state index in [1.807, 2.05) is 18.2 Å². The second-order valence-corrected chi connectivity index (χ2v) is 5.10. The Labute approximate surface area is 119 Å². The number of hydrogen-bond acceptors (Lipinski definition) is 4. The van der Waals surface area contributed by atoms with Crippen LogP contribution in [0.3, 0.4) is 0 Å². The van der Waals surface area contributed by atoms with Crippen LogP contribution in [0, 0.1) is 0 Å². The van der Waals surface area contributed by atoms with Gasteiger partial charge in [-0.3, -0.25) is 0 Å². The van der Waals surface area contributed by atoms with Crippen LogP contribution in [-0.2, 0) is 9.47 Å². The molecule has 20 heavy (non-hydrogen) atoms. The summed E-state index contributed by atoms with van der Waals surface area (Å²) >= 11 is 0. The molecule has 2 unspecified atom stereocenters. The van der Waals surface area contributed by atoms with Gasteiger partial charge in [0, 0.05) is 5.39 Å². The van der Waals surface area contributed by atoms with E-state index in [-0.39, 0.29) is 12.1 Å². The zero-order chi connectivity index (χ0) is 13.8. The lowest BCUT2D eigenvalue weighted by Gasteiger charge is -2.29. The first-order valence-corrected chi connectivity index (χ1v) is 7.29. The molecular weight excluding hydrogens is 254 g/mol. The second-order valence-electron chi connectivity index (χ2n) is 5.10. The van der Waals surface area contributed by atoms with Crippen LogP contribution in [-0.4, -0.2) is 32.5 Å². The van der Waals surface area contributed by atoms with Gasteiger partial charge in [-0.1, -0.05) is 25.1 Å². The molecule has 2 atom stereocenters. The molecule has 1 fully saturated rings. The Morgan fingerprint density at radius 2 is 2.20 bits per heavy atom. The summed E-state index contributed by atoms with van der Waals surface area (Å²) < 4.78 is 17.4. The molecule has 1 N–H and O–H groups in total. The van der Waals surface area contributed by atoms with Crippen LogP contribution < -0.4 is 5.32 Å². The van der Waals surface area contributed by atoms with E-state index in [1.165, 1.54) is 0 Å². The van der Waals surface area contributed by atoms with Gasteiger partial charge in [0.05, 0.1) is 25.9 Å². The van der Waals surface area contributed by atoms with Gasteiger partial charge in [-0.2, -0.15) is 0 Å². The summed E-state index contributed by atoms with van der Waals surface area (Å²) in [4.78, 5) is 0. The molecule has 2 aromatic rings. The van der Waals surface area contributed by atoms with Crippen molar-refractivity contribution in [1.29, 1.82) is 0 Å². The summed E-state index contributed by atoms with van der Waals surface area (Å²) in [6, 6.07) is 10.2. The van der Waals surface area contributed by atoms with Crippen LogP contribution in [0.25, 0.3) is 11.0 Å². The van der Waals surface area contributed by atoms with Crippen molar-refractivity contribution < 1.29 is 13.9 Å². The SMILES string of the molecule is CCCNC(c1cc2ccccc2o1)C1COCCO1. The first kappa shape index (κ1) is 13.6. The maximum absolute atomic E-state index is 5.98. The summed E-state index contributed by atoms with van der Waals surface area (Å²) in [6.07, 6.45) is 1.08. The fourth-order valence-corrected chi connectivity index (χ4v) is 2.57. The van der Waals surface area contributed by atoms with Crippen LogP contribution in [0.15, 0.2) is 34.7 Å². The van der Waals surface area contributed by atoms with Gasteiger partial charge in [0.1, 0.15) is 17.4 Å². The Balaban J connectivity index is 1.86. The number of nitrogens with one attached hydrogen (secondary N) is 1. The lowest BCUT2D eigenvalue weighted by atomic mass is 10.1. The Kier molecular flexibility index (Phi) is 4.35. The van der Waals surface area contributed by atoms with Crippen molar-refractivity contribution in [3.63, 3.8) is 0 Å². The zero-order valence-corrected chi connectivity index (χ0v) is 11.8. The topological polar surface area (TPSA) is 43.6 Å². The van der Waals surface area contributed by atoms with Crippen molar-refractivity contribution in [3.05, 3.63) is 36.1 Å². The highest BCUT2D eigenvalue weighted by Gasteiger charge is 2.28. The highest BCUT2D eigenvalue weighted by Crippen LogP contribution is 2.28. The van der Waals surface area contributed by atoms with Gasteiger partial charge >= 0.3 is 0 Å². The second kappa shape index (κ2) is 6.39. The molecule has 1 saturated heterocycles. The molecule has 108 valence electrons. The molecule has 1 aromatic heterocycles. The van der Waals surface area contributed by atoms with E-state index in [9.17, 15) is 0 Å². The zero-order valence-electron chi connectivity index (χ0n) is 11.8. The third kappa shape index (κ3) is 2.87. The Morgan fingerprint density at radius 1 is 1.30 bits per heavy atom. The highest BCUT2D eigenvalue weighted by molar-refractivity contribution is 5.77. The van der Waals surface area contributed by atoms with E-state index >= 15 is 0 Å². The first-order chi connectivity index (χ1) is 9.88. The molecule has 0 amide bonds. The van der Waals surface area contributed by atoms with Gasteiger partial charge in [0.2, 0.25) is 0 Å². The fourth-order valence-electron chi connectivity index (χ4n) is 2.57. The normalized spacial score (nSPS) is 21.1. The molecule has 1 aliphatic heterocycles. The third-order valence-electron chi connectivity index (χ3n) is 3.58. The number of para-hydroxylation sites is 1. The number of benzene rings is 1. The summed E-state index contributed by atoms with van der Waals surface area (Å²) in [5.74, 6) is 0.926. The Morgan fingerprint density at radius 3 is 2.95 bits per heavy atom. The minimum absolute atomic E-state index is 0.0101. The lowest BCUT2D eigenvalue weighted by molar-refractivity contribution is -0.104. The van der Waals surface area contributed by atoms with Crippen LogP contribution in [0.5, 0.6) is 0 Å². The van der Waals surface area contributed by atoms with Crippen molar-refractivity contribution in [1.82, 2.24) is 5.32 Å². The van der Waals surface area contributed by atoms with Crippen molar-refractivity contribution >= 4 is 11.0 Å². The monoisotopic (exact) mass is 275 g/mol. The average Bonchev–Trinajstić information content (AvgIpc) is 2.92. The number of ether oxygens (including phenoxy) is 2. The van der Waals surface area contributed by atoms with Crippen molar-refractivity contribution in [3.8, 4) is 0 Å². The quantitative estimate of drug-likeness (QED) is 0.911. The maximum Gasteiger partial charge on any atom is 0.134 e. The molecule has 4 heteroatoms. The molecule has 0 bridgehead atoms. The molecular formula is C16H21NO3. The standard InChI is InChI=1S/C16H21NO3/c1-2-7-17-16(15-11-18-8-9-19-15)14-10-12-5-3-4-6-13(12)20-14/h3-6,10,15-17H,2,7-9,11H2,1H3. The largest absolute Gasteiger partial charge is 0.459 e. The van der Waals surface area contributed by atoms with Crippen molar-refractivity contribution in [2.45, 2.75) is 25.5 Å². The van der Waals surface area contributed by atoms with Crippen LogP contribution in [0.4, 0.5) is 0 Å². The van der Waals surface area contributed by atoms with E-state index in [0.717, 1.165) is 29.7 Å². The smallest absolute Gasteiger partial charge is 0.134 e. The van der Waals surface area contributed by atoms with E-state index < -0.39 is 0 Å². The van der Waals surface area contributed by atoms with E-state index in [4.69, 9.17) is 13.9 Å². The molecule has 3 rings (SSSR count). The minimum atomic E-state index is 0.0101. The number of hydrogen-bond donors (Lipinski definition) is 1. The molecule has 0 spiro atoms. The molecule has 0 aliphatic carbocycles. The molecule has 0 saturated carbocycles. The summed E-state index contributed by atoms with van der Waals surface area (Å²) in [5, 5.41) is 4.64. The van der Waals surface area contributed by atoms with E-state index in [0.29, 0.717) is 19.8 Å². The predicted octanol–water partition coefficient (Wildman–Crippen LogP) is 2.89. The van der Waals surface area contributed by atoms with Gasteiger partial charge in [-0.15, -0.1) is 0 Å². The van der Waals surface area contributed by atoms with E-state index in [2.05, 4.69) is 24.4 Å². The maximum atomic E-state index is 5.98. The van der Waals surface area contributed by atoms with Crippen LogP contribution in [0.1, 0.15) is 25.1 Å². The van der Waals surface area contributed by atoms with Crippen LogP contribution >= 0.6 is 0 Å². The van der Waals surface area contributed by atoms with Crippen LogP contribution in [0.2, 0.25) is 0 Å². The number of furan rings is 1. The third-order valence-corrected chi connectivity index (χ3v) is 3.58. The van der Waals surface area contributed by atoms with Gasteiger partial charge in [-0.05, 0) is 25.1 Å². The van der Waals surface area contributed by atoms with Gasteiger partial charge in [-0.25, -0.2) is 0 Å². The lowest BCUT2D eigenvalue weighted by Crippen LogP contribution is -2.40. The Hall–Kier alpha value is -1.36. The molecule has 1 aromatic carbocycles. The summed E-state index contributed by atoms with van der Waals surface area (Å²) in [5.41, 5.74) is 0.919. The molecule has 2 heterocycles. The highest BCUT2D eigenvalue weighted by atomic mass is 16.6. The predicted molar refractivity (Wildman–Crippen MR) is 77.8 cm³/mol. The Bertz CT molecular complexity index is 512. The van der Waals surface area contributed by atoms with Crippen molar-refractivity contribution in [2.24, 2.45) is 0 Å². The number of fused-ring (bicyclic) bond motifs is 1. The summed E-state index contributed by atoms with van der Waals surface area (Å²) in [6.45, 7) is 5.02. The molecule has 1 aliphatic rings. The van der Waals surface area contributed by atoms with Gasteiger partial charge < -0.3 is 19.2 Å². The first-order valence-electron chi connectivity index (χ1n) is 7.29. The molecule has 4 nitrogen and oxygen atoms in total. The van der Waals surface area contributed by atoms with Gasteiger partial charge in [0.25, 0.3) is 0 Å². The molecule has 0 radical (unpaired) electrons. The van der Waals surface area contributed by atoms with E-state index in [1.54, 1.807) is 0 Å². The minimum Gasteiger partial charge on any atom is -0.459 e.